The molecule has 1 saturated heterocycles. The van der Waals surface area contributed by atoms with E-state index >= 15 is 0 Å². The molecular formula is C10H16O. The summed E-state index contributed by atoms with van der Waals surface area (Å²) in [4.78, 5) is 0. The van der Waals surface area contributed by atoms with Gasteiger partial charge in [-0.1, -0.05) is 25.8 Å². The lowest BCUT2D eigenvalue weighted by Gasteiger charge is -2.13. The Hall–Kier alpha value is -0.300. The van der Waals surface area contributed by atoms with Crippen molar-refractivity contribution in [3.05, 3.63) is 12.2 Å². The lowest BCUT2D eigenvalue weighted by atomic mass is 9.93. The van der Waals surface area contributed by atoms with E-state index in [4.69, 9.17) is 4.74 Å². The Morgan fingerprint density at radius 1 is 1.18 bits per heavy atom. The van der Waals surface area contributed by atoms with Crippen molar-refractivity contribution < 1.29 is 4.74 Å². The van der Waals surface area contributed by atoms with Crippen LogP contribution in [0.1, 0.15) is 32.1 Å². The van der Waals surface area contributed by atoms with Gasteiger partial charge in [0, 0.05) is 5.92 Å². The molecular weight excluding hydrogens is 136 g/mol. The van der Waals surface area contributed by atoms with Crippen LogP contribution in [0.4, 0.5) is 0 Å². The topological polar surface area (TPSA) is 9.23 Å². The van der Waals surface area contributed by atoms with Crippen molar-refractivity contribution in [2.45, 2.75) is 38.2 Å². The van der Waals surface area contributed by atoms with Crippen LogP contribution < -0.4 is 0 Å². The number of hydrogen-bond acceptors (Lipinski definition) is 1. The minimum absolute atomic E-state index is 0.532. The summed E-state index contributed by atoms with van der Waals surface area (Å²) >= 11 is 0. The molecule has 2 fully saturated rings. The zero-order valence-corrected chi connectivity index (χ0v) is 7.01. The molecule has 1 saturated carbocycles. The fraction of sp³-hybridized carbons (Fsp3) is 0.800. The molecule has 0 unspecified atom stereocenters. The van der Waals surface area contributed by atoms with Crippen LogP contribution in [0.15, 0.2) is 12.2 Å². The van der Waals surface area contributed by atoms with Crippen LogP contribution in [0.2, 0.25) is 0 Å². The second-order valence-electron chi connectivity index (χ2n) is 3.75. The molecule has 0 spiro atoms. The highest BCUT2D eigenvalue weighted by Crippen LogP contribution is 2.35. The largest absolute Gasteiger partial charge is 0.373 e. The van der Waals surface area contributed by atoms with E-state index in [0.717, 1.165) is 6.61 Å². The van der Waals surface area contributed by atoms with Crippen molar-refractivity contribution in [3.63, 3.8) is 0 Å². The Morgan fingerprint density at radius 3 is 2.91 bits per heavy atom. The molecule has 0 aromatic rings. The van der Waals surface area contributed by atoms with Gasteiger partial charge in [-0.15, -0.1) is 0 Å². The third-order valence-electron chi connectivity index (χ3n) is 2.96. The summed E-state index contributed by atoms with van der Waals surface area (Å²) in [6, 6.07) is 0. The van der Waals surface area contributed by atoms with Gasteiger partial charge < -0.3 is 4.74 Å². The lowest BCUT2D eigenvalue weighted by Crippen LogP contribution is -2.13. The molecule has 2 atom stereocenters. The van der Waals surface area contributed by atoms with Gasteiger partial charge in [-0.2, -0.15) is 0 Å². The van der Waals surface area contributed by atoms with E-state index in [1.807, 2.05) is 0 Å². The SMILES string of the molecule is C=C1CO[C@@H]2CCCCC[C@@H]12. The molecule has 1 heteroatoms. The molecule has 1 heterocycles. The summed E-state index contributed by atoms with van der Waals surface area (Å²) in [6.45, 7) is 4.88. The minimum Gasteiger partial charge on any atom is -0.373 e. The maximum Gasteiger partial charge on any atom is 0.0681 e. The molecule has 2 aliphatic rings. The van der Waals surface area contributed by atoms with Crippen LogP contribution in [0, 0.1) is 5.92 Å². The first-order valence-electron chi connectivity index (χ1n) is 4.67. The van der Waals surface area contributed by atoms with Crippen molar-refractivity contribution in [2.24, 2.45) is 5.92 Å². The molecule has 0 aromatic heterocycles. The molecule has 0 radical (unpaired) electrons. The highest BCUT2D eigenvalue weighted by molar-refractivity contribution is 5.09. The van der Waals surface area contributed by atoms with E-state index in [1.165, 1.54) is 37.7 Å². The standard InChI is InChI=1S/C10H16O/c1-8-7-11-10-6-4-2-3-5-9(8)10/h9-10H,1-7H2/t9-,10+/m0/s1. The number of ether oxygens (including phenoxy) is 1. The Balaban J connectivity index is 2.06. The van der Waals surface area contributed by atoms with Gasteiger partial charge >= 0.3 is 0 Å². The summed E-state index contributed by atoms with van der Waals surface area (Å²) in [5.41, 5.74) is 1.34. The molecule has 11 heavy (non-hydrogen) atoms. The van der Waals surface area contributed by atoms with Gasteiger partial charge in [-0.25, -0.2) is 0 Å². The summed E-state index contributed by atoms with van der Waals surface area (Å²) in [5, 5.41) is 0. The van der Waals surface area contributed by atoms with Crippen LogP contribution in [0.5, 0.6) is 0 Å². The maximum absolute atomic E-state index is 5.65. The molecule has 62 valence electrons. The summed E-state index contributed by atoms with van der Waals surface area (Å²) < 4.78 is 5.65. The molecule has 0 bridgehead atoms. The van der Waals surface area contributed by atoms with Crippen molar-refractivity contribution in [3.8, 4) is 0 Å². The molecule has 2 rings (SSSR count). The van der Waals surface area contributed by atoms with Gasteiger partial charge in [0.1, 0.15) is 0 Å². The zero-order chi connectivity index (χ0) is 7.68. The van der Waals surface area contributed by atoms with E-state index < -0.39 is 0 Å². The molecule has 1 nitrogen and oxygen atoms in total. The van der Waals surface area contributed by atoms with Crippen LogP contribution in [0.25, 0.3) is 0 Å². The molecule has 0 aromatic carbocycles. The summed E-state index contributed by atoms with van der Waals surface area (Å²) in [5.74, 6) is 0.706. The van der Waals surface area contributed by atoms with Gasteiger partial charge in [0.15, 0.2) is 0 Å². The van der Waals surface area contributed by atoms with E-state index in [2.05, 4.69) is 6.58 Å². The van der Waals surface area contributed by atoms with E-state index in [9.17, 15) is 0 Å². The quantitative estimate of drug-likeness (QED) is 0.485. The monoisotopic (exact) mass is 152 g/mol. The fourth-order valence-corrected chi connectivity index (χ4v) is 2.26. The van der Waals surface area contributed by atoms with Crippen molar-refractivity contribution in [1.29, 1.82) is 0 Å². The Bertz CT molecular complexity index is 162. The highest BCUT2D eigenvalue weighted by Gasteiger charge is 2.31. The first-order chi connectivity index (χ1) is 5.38. The first kappa shape index (κ1) is 7.35. The summed E-state index contributed by atoms with van der Waals surface area (Å²) in [6.07, 6.45) is 7.25. The lowest BCUT2D eigenvalue weighted by molar-refractivity contribution is 0.0854. The van der Waals surface area contributed by atoms with Crippen molar-refractivity contribution in [2.75, 3.05) is 6.61 Å². The fourth-order valence-electron chi connectivity index (χ4n) is 2.26. The molecule has 0 N–H and O–H groups in total. The second-order valence-corrected chi connectivity index (χ2v) is 3.75. The Morgan fingerprint density at radius 2 is 2.00 bits per heavy atom. The average molecular weight is 152 g/mol. The van der Waals surface area contributed by atoms with Crippen LogP contribution in [0.3, 0.4) is 0 Å². The van der Waals surface area contributed by atoms with E-state index in [1.54, 1.807) is 0 Å². The Kier molecular flexibility index (Phi) is 1.99. The molecule has 1 aliphatic carbocycles. The molecule has 0 amide bonds. The third-order valence-corrected chi connectivity index (χ3v) is 2.96. The van der Waals surface area contributed by atoms with Gasteiger partial charge in [0.25, 0.3) is 0 Å². The van der Waals surface area contributed by atoms with Gasteiger partial charge in [-0.05, 0) is 18.4 Å². The van der Waals surface area contributed by atoms with Gasteiger partial charge in [-0.3, -0.25) is 0 Å². The van der Waals surface area contributed by atoms with Crippen LogP contribution in [-0.4, -0.2) is 12.7 Å². The van der Waals surface area contributed by atoms with Crippen molar-refractivity contribution >= 4 is 0 Å². The number of fused-ring (bicyclic) bond motifs is 1. The second kappa shape index (κ2) is 2.98. The minimum atomic E-state index is 0.532. The predicted molar refractivity (Wildman–Crippen MR) is 45.5 cm³/mol. The summed E-state index contributed by atoms with van der Waals surface area (Å²) in [7, 11) is 0. The number of rotatable bonds is 0. The average Bonchev–Trinajstić information content (AvgIpc) is 2.25. The van der Waals surface area contributed by atoms with Crippen LogP contribution in [-0.2, 0) is 4.74 Å². The Labute approximate surface area is 68.4 Å². The van der Waals surface area contributed by atoms with Crippen molar-refractivity contribution in [1.82, 2.24) is 0 Å². The number of hydrogen-bond donors (Lipinski definition) is 0. The van der Waals surface area contributed by atoms with E-state index in [0.29, 0.717) is 12.0 Å². The van der Waals surface area contributed by atoms with E-state index in [-0.39, 0.29) is 0 Å². The van der Waals surface area contributed by atoms with Gasteiger partial charge in [0.05, 0.1) is 12.7 Å². The highest BCUT2D eigenvalue weighted by atomic mass is 16.5. The normalized spacial score (nSPS) is 38.4. The maximum atomic E-state index is 5.65. The van der Waals surface area contributed by atoms with Gasteiger partial charge in [0.2, 0.25) is 0 Å². The molecule has 1 aliphatic heterocycles. The zero-order valence-electron chi connectivity index (χ0n) is 7.01. The smallest absolute Gasteiger partial charge is 0.0681 e. The predicted octanol–water partition coefficient (Wildman–Crippen LogP) is 2.52. The van der Waals surface area contributed by atoms with Crippen LogP contribution >= 0.6 is 0 Å². The first-order valence-corrected chi connectivity index (χ1v) is 4.67. The third kappa shape index (κ3) is 1.34.